The number of hydroxylamine groups is 1. The van der Waals surface area contributed by atoms with Crippen molar-refractivity contribution in [1.82, 2.24) is 10.4 Å². The van der Waals surface area contributed by atoms with Crippen molar-refractivity contribution in [3.05, 3.63) is 111 Å². The molecule has 2 amide bonds. The fourth-order valence-corrected chi connectivity index (χ4v) is 7.86. The number of carbonyl (C=O) groups is 4. The number of amides is 2. The Bertz CT molecular complexity index is 2000. The topological polar surface area (TPSA) is 212 Å². The molecule has 0 heterocycles. The van der Waals surface area contributed by atoms with Crippen molar-refractivity contribution in [1.29, 1.82) is 0 Å². The molecule has 8 N–H and O–H groups in total. The van der Waals surface area contributed by atoms with Crippen LogP contribution in [0.4, 0.5) is 5.69 Å². The average molecular weight is 731 g/mol. The molecule has 1 saturated carbocycles. The Morgan fingerprint density at radius 1 is 1.04 bits per heavy atom. The summed E-state index contributed by atoms with van der Waals surface area (Å²) >= 11 is 6.64. The second-order valence-corrected chi connectivity index (χ2v) is 13.9. The molecule has 0 saturated heterocycles. The Morgan fingerprint density at radius 3 is 2.29 bits per heavy atom. The first-order chi connectivity index (χ1) is 24.7. The summed E-state index contributed by atoms with van der Waals surface area (Å²) in [4.78, 5) is 60.6. The molecule has 0 radical (unpaired) electrons. The highest BCUT2D eigenvalue weighted by atomic mass is 35.5. The van der Waals surface area contributed by atoms with E-state index in [9.17, 15) is 39.6 Å². The summed E-state index contributed by atoms with van der Waals surface area (Å²) in [5, 5.41) is 48.7. The van der Waals surface area contributed by atoms with Gasteiger partial charge in [0.1, 0.15) is 28.8 Å². The first-order valence-corrected chi connectivity index (χ1v) is 17.1. The second kappa shape index (κ2) is 14.5. The molecule has 0 spiro atoms. The van der Waals surface area contributed by atoms with Crippen LogP contribution in [0.25, 0.3) is 5.76 Å². The minimum absolute atomic E-state index is 0.0443. The predicted octanol–water partition coefficient (Wildman–Crippen LogP) is 3.28. The lowest BCUT2D eigenvalue weighted by atomic mass is 9.57. The molecule has 1 fully saturated rings. The molecule has 14 heteroatoms. The van der Waals surface area contributed by atoms with Crippen LogP contribution in [-0.4, -0.2) is 80.5 Å². The molecule has 5 atom stereocenters. The third-order valence-corrected chi connectivity index (χ3v) is 10.4. The van der Waals surface area contributed by atoms with Crippen LogP contribution in [0.1, 0.15) is 35.1 Å². The lowest BCUT2D eigenvalue weighted by Gasteiger charge is -2.50. The van der Waals surface area contributed by atoms with Crippen LogP contribution in [-0.2, 0) is 43.5 Å². The standard InChI is InChI=1S/C38H39ClN4O9/c1-43(2)30-23-16-21-15-22-17-24(39)29(32(45)26(22)31(44)27(21)34(47)38(23,51)35(48)28(33(30)46)36(40)49)41-37(50)25(14-13-19-9-5-3-6-10-19)42-52-18-20-11-7-4-8-12-20/h3-12,17,21,23,25,30,42,44-45,48,51H,13-16,18H2,1-2H3,(H2,40,49)(H,41,50)/t21?,23?,25?,30-,38-/m0/s1. The molecule has 272 valence electrons. The molecule has 0 bridgehead atoms. The van der Waals surface area contributed by atoms with Crippen molar-refractivity contribution >= 4 is 46.4 Å². The number of aryl methyl sites for hydroxylation is 1. The number of primary amides is 1. The van der Waals surface area contributed by atoms with E-state index in [0.717, 1.165) is 11.1 Å². The molecule has 0 aromatic heterocycles. The van der Waals surface area contributed by atoms with Gasteiger partial charge in [0.25, 0.3) is 5.91 Å². The summed E-state index contributed by atoms with van der Waals surface area (Å²) in [6.45, 7) is 0.166. The van der Waals surface area contributed by atoms with Crippen LogP contribution >= 0.6 is 11.6 Å². The maximum atomic E-state index is 14.2. The van der Waals surface area contributed by atoms with Gasteiger partial charge in [0.2, 0.25) is 11.7 Å². The van der Waals surface area contributed by atoms with E-state index in [1.807, 2.05) is 60.7 Å². The fourth-order valence-electron chi connectivity index (χ4n) is 7.59. The summed E-state index contributed by atoms with van der Waals surface area (Å²) < 4.78 is 0. The Hall–Kier alpha value is -5.05. The van der Waals surface area contributed by atoms with Crippen LogP contribution in [0.2, 0.25) is 5.02 Å². The number of aromatic hydroxyl groups is 1. The molecule has 6 rings (SSSR count). The van der Waals surface area contributed by atoms with E-state index >= 15 is 0 Å². The number of halogens is 1. The summed E-state index contributed by atoms with van der Waals surface area (Å²) in [6, 6.07) is 18.2. The van der Waals surface area contributed by atoms with Gasteiger partial charge in [0, 0.05) is 11.5 Å². The number of likely N-dealkylation sites (N-methyl/N-ethyl adjacent to an activating group) is 1. The van der Waals surface area contributed by atoms with E-state index < -0.39 is 75.7 Å². The van der Waals surface area contributed by atoms with E-state index in [2.05, 4.69) is 10.8 Å². The number of rotatable bonds is 11. The van der Waals surface area contributed by atoms with Crippen molar-refractivity contribution < 1.29 is 44.4 Å². The van der Waals surface area contributed by atoms with Gasteiger partial charge in [-0.3, -0.25) is 28.9 Å². The van der Waals surface area contributed by atoms with Gasteiger partial charge in [0.05, 0.1) is 23.2 Å². The predicted molar refractivity (Wildman–Crippen MR) is 191 cm³/mol. The molecule has 13 nitrogen and oxygen atoms in total. The monoisotopic (exact) mass is 730 g/mol. The van der Waals surface area contributed by atoms with Crippen molar-refractivity contribution in [2.45, 2.75) is 50.0 Å². The van der Waals surface area contributed by atoms with Crippen LogP contribution in [0, 0.1) is 11.8 Å². The van der Waals surface area contributed by atoms with Gasteiger partial charge >= 0.3 is 0 Å². The van der Waals surface area contributed by atoms with Gasteiger partial charge in [-0.05, 0) is 68.5 Å². The van der Waals surface area contributed by atoms with E-state index in [-0.39, 0.29) is 41.3 Å². The number of Topliss-reactive ketones (excluding diaryl/α,β-unsaturated/α-hetero) is 2. The number of aliphatic hydroxyl groups excluding tert-OH is 2. The minimum atomic E-state index is -2.78. The van der Waals surface area contributed by atoms with E-state index in [1.54, 1.807) is 0 Å². The highest BCUT2D eigenvalue weighted by molar-refractivity contribution is 6.34. The van der Waals surface area contributed by atoms with Gasteiger partial charge in [0.15, 0.2) is 17.1 Å². The first-order valence-electron chi connectivity index (χ1n) is 16.7. The molecule has 3 aromatic carbocycles. The molecular weight excluding hydrogens is 692 g/mol. The third-order valence-electron chi connectivity index (χ3n) is 10.1. The van der Waals surface area contributed by atoms with Crippen molar-refractivity contribution in [2.24, 2.45) is 17.6 Å². The highest BCUT2D eigenvalue weighted by Crippen LogP contribution is 2.54. The van der Waals surface area contributed by atoms with Gasteiger partial charge in [-0.2, -0.15) is 5.48 Å². The first kappa shape index (κ1) is 36.7. The number of hydrogen-bond acceptors (Lipinski definition) is 11. The number of anilines is 1. The zero-order chi connectivity index (χ0) is 37.5. The molecule has 3 unspecified atom stereocenters. The van der Waals surface area contributed by atoms with E-state index in [4.69, 9.17) is 22.2 Å². The Labute approximate surface area is 304 Å². The normalized spacial score (nSPS) is 23.2. The molecule has 3 aliphatic rings. The number of phenolic OH excluding ortho intramolecular Hbond substituents is 1. The van der Waals surface area contributed by atoms with Crippen molar-refractivity contribution in [3.8, 4) is 5.75 Å². The highest BCUT2D eigenvalue weighted by Gasteiger charge is 2.64. The molecule has 52 heavy (non-hydrogen) atoms. The van der Waals surface area contributed by atoms with Gasteiger partial charge < -0.3 is 31.5 Å². The van der Waals surface area contributed by atoms with Gasteiger partial charge in [-0.15, -0.1) is 0 Å². The number of fused-ring (bicyclic) bond motifs is 3. The number of carbonyl (C=O) groups excluding carboxylic acids is 4. The number of benzene rings is 3. The number of aliphatic hydroxyl groups is 3. The summed E-state index contributed by atoms with van der Waals surface area (Å²) in [7, 11) is 3.05. The number of ketones is 2. The molecular formula is C38H39ClN4O9. The molecule has 3 aromatic rings. The van der Waals surface area contributed by atoms with Gasteiger partial charge in [-0.1, -0.05) is 72.3 Å². The fraction of sp³-hybridized carbons (Fsp3) is 0.316. The van der Waals surface area contributed by atoms with Crippen molar-refractivity contribution in [2.75, 3.05) is 19.4 Å². The van der Waals surface area contributed by atoms with E-state index in [1.165, 1.54) is 25.1 Å². The number of phenols is 1. The number of nitrogens with two attached hydrogens (primary N) is 1. The third kappa shape index (κ3) is 6.46. The Kier molecular flexibility index (Phi) is 10.3. The van der Waals surface area contributed by atoms with Crippen molar-refractivity contribution in [3.63, 3.8) is 0 Å². The average Bonchev–Trinajstić information content (AvgIpc) is 3.10. The maximum absolute atomic E-state index is 14.2. The molecule has 3 aliphatic carbocycles. The number of nitrogens with zero attached hydrogens (tertiary/aromatic N) is 1. The zero-order valence-electron chi connectivity index (χ0n) is 28.4. The van der Waals surface area contributed by atoms with Gasteiger partial charge in [-0.25, -0.2) is 0 Å². The number of nitrogens with one attached hydrogen (secondary N) is 2. The second-order valence-electron chi connectivity index (χ2n) is 13.5. The summed E-state index contributed by atoms with van der Waals surface area (Å²) in [5.41, 5.74) is 5.98. The summed E-state index contributed by atoms with van der Waals surface area (Å²) in [6.07, 6.45) is 0.773. The van der Waals surface area contributed by atoms with Crippen LogP contribution in [0.15, 0.2) is 83.6 Å². The van der Waals surface area contributed by atoms with E-state index in [0.29, 0.717) is 18.4 Å². The van der Waals surface area contributed by atoms with Crippen LogP contribution in [0.5, 0.6) is 5.75 Å². The largest absolute Gasteiger partial charge is 0.508 e. The quantitative estimate of drug-likeness (QED) is 0.0864. The Balaban J connectivity index is 1.32. The minimum Gasteiger partial charge on any atom is -0.508 e. The SMILES string of the molecule is CN(C)[C@@H]1C(=O)C(C(N)=O)=C(O)[C@@]2(O)C(=O)C3=C(O)c4c(cc(Cl)c(NC(=O)C(CCc5ccccc5)NOCc5ccccc5)c4O)CC3CC12. The number of hydrogen-bond donors (Lipinski definition) is 7. The van der Waals surface area contributed by atoms with Crippen LogP contribution in [0.3, 0.4) is 0 Å². The molecule has 0 aliphatic heterocycles. The zero-order valence-corrected chi connectivity index (χ0v) is 29.2. The Morgan fingerprint density at radius 2 is 1.67 bits per heavy atom. The maximum Gasteiger partial charge on any atom is 0.255 e. The smallest absolute Gasteiger partial charge is 0.255 e. The summed E-state index contributed by atoms with van der Waals surface area (Å²) in [5.74, 6) is -8.41. The lowest BCUT2D eigenvalue weighted by molar-refractivity contribution is -0.153. The van der Waals surface area contributed by atoms with Crippen LogP contribution < -0.4 is 16.5 Å². The lowest BCUT2D eigenvalue weighted by Crippen LogP contribution is -2.65.